The molecule has 0 saturated heterocycles. The number of nitrogens with one attached hydrogen (secondary N) is 1. The molecule has 2 N–H and O–H groups in total. The second kappa shape index (κ2) is 6.13. The standard InChI is InChI=1S/C9H9BrClFN2O3/c10-6-1-8(13-4-5(15)3-11)9(14(16)17)2-7(6)12/h1-2,5,13,15H,3-4H2. The van der Waals surface area contributed by atoms with Crippen LogP contribution in [0.1, 0.15) is 0 Å². The Labute approximate surface area is 110 Å². The van der Waals surface area contributed by atoms with E-state index < -0.39 is 22.5 Å². The lowest BCUT2D eigenvalue weighted by Crippen LogP contribution is -2.21. The monoisotopic (exact) mass is 326 g/mol. The van der Waals surface area contributed by atoms with Crippen molar-refractivity contribution in [3.05, 3.63) is 32.5 Å². The first kappa shape index (κ1) is 14.1. The number of halogens is 3. The van der Waals surface area contributed by atoms with Crippen molar-refractivity contribution in [2.24, 2.45) is 0 Å². The third-order valence-electron chi connectivity index (χ3n) is 1.94. The van der Waals surface area contributed by atoms with Gasteiger partial charge >= 0.3 is 0 Å². The van der Waals surface area contributed by atoms with Gasteiger partial charge in [0.1, 0.15) is 11.5 Å². The average Bonchev–Trinajstić information content (AvgIpc) is 2.29. The molecule has 94 valence electrons. The number of aliphatic hydroxyl groups is 1. The summed E-state index contributed by atoms with van der Waals surface area (Å²) in [6.45, 7) is 0.0441. The van der Waals surface area contributed by atoms with E-state index in [1.54, 1.807) is 0 Å². The van der Waals surface area contributed by atoms with E-state index in [4.69, 9.17) is 11.6 Å². The van der Waals surface area contributed by atoms with Gasteiger partial charge in [-0.15, -0.1) is 11.6 Å². The molecule has 17 heavy (non-hydrogen) atoms. The highest BCUT2D eigenvalue weighted by Gasteiger charge is 2.18. The minimum absolute atomic E-state index is 0.00314. The van der Waals surface area contributed by atoms with Gasteiger partial charge in [0.25, 0.3) is 5.69 Å². The van der Waals surface area contributed by atoms with Crippen LogP contribution in [-0.2, 0) is 0 Å². The van der Waals surface area contributed by atoms with Crippen molar-refractivity contribution < 1.29 is 14.4 Å². The van der Waals surface area contributed by atoms with E-state index in [1.165, 1.54) is 6.07 Å². The fraction of sp³-hybridized carbons (Fsp3) is 0.333. The number of nitrogens with zero attached hydrogens (tertiary/aromatic N) is 1. The number of aliphatic hydroxyl groups excluding tert-OH is 1. The maximum absolute atomic E-state index is 13.1. The summed E-state index contributed by atoms with van der Waals surface area (Å²) in [4.78, 5) is 9.99. The molecule has 0 bridgehead atoms. The van der Waals surface area contributed by atoms with Crippen molar-refractivity contribution in [3.8, 4) is 0 Å². The topological polar surface area (TPSA) is 75.4 Å². The first-order chi connectivity index (χ1) is 7.95. The summed E-state index contributed by atoms with van der Waals surface area (Å²) in [5.41, 5.74) is -0.278. The summed E-state index contributed by atoms with van der Waals surface area (Å²) >= 11 is 8.31. The highest BCUT2D eigenvalue weighted by Crippen LogP contribution is 2.30. The van der Waals surface area contributed by atoms with E-state index in [9.17, 15) is 19.6 Å². The van der Waals surface area contributed by atoms with Crippen molar-refractivity contribution in [2.45, 2.75) is 6.10 Å². The molecule has 1 rings (SSSR count). The minimum atomic E-state index is -0.833. The van der Waals surface area contributed by atoms with Crippen LogP contribution in [0.3, 0.4) is 0 Å². The Morgan fingerprint density at radius 1 is 1.65 bits per heavy atom. The molecular formula is C9H9BrClFN2O3. The number of hydrogen-bond donors (Lipinski definition) is 2. The Kier molecular flexibility index (Phi) is 5.10. The lowest BCUT2D eigenvalue weighted by atomic mass is 10.2. The van der Waals surface area contributed by atoms with Crippen LogP contribution in [0.15, 0.2) is 16.6 Å². The SMILES string of the molecule is O=[N+]([O-])c1cc(F)c(Br)cc1NCC(O)CCl. The third kappa shape index (κ3) is 3.79. The van der Waals surface area contributed by atoms with Gasteiger partial charge in [-0.2, -0.15) is 0 Å². The summed E-state index contributed by atoms with van der Waals surface area (Å²) in [5, 5.41) is 22.6. The van der Waals surface area contributed by atoms with Crippen LogP contribution in [0, 0.1) is 15.9 Å². The van der Waals surface area contributed by atoms with Crippen molar-refractivity contribution in [1.29, 1.82) is 0 Å². The first-order valence-corrected chi connectivity index (χ1v) is 5.89. The second-order valence-electron chi connectivity index (χ2n) is 3.23. The predicted molar refractivity (Wildman–Crippen MR) is 66.0 cm³/mol. The summed E-state index contributed by atoms with van der Waals surface area (Å²) < 4.78 is 13.2. The number of rotatable bonds is 5. The van der Waals surface area contributed by atoms with Crippen molar-refractivity contribution in [2.75, 3.05) is 17.7 Å². The zero-order valence-electron chi connectivity index (χ0n) is 8.49. The van der Waals surface area contributed by atoms with Crippen molar-refractivity contribution >= 4 is 38.9 Å². The lowest BCUT2D eigenvalue weighted by molar-refractivity contribution is -0.384. The van der Waals surface area contributed by atoms with Crippen LogP contribution >= 0.6 is 27.5 Å². The molecule has 0 aromatic heterocycles. The fourth-order valence-corrected chi connectivity index (χ4v) is 1.56. The molecular weight excluding hydrogens is 318 g/mol. The normalized spacial score (nSPS) is 12.2. The highest BCUT2D eigenvalue weighted by molar-refractivity contribution is 9.10. The molecule has 0 heterocycles. The average molecular weight is 328 g/mol. The second-order valence-corrected chi connectivity index (χ2v) is 4.39. The van der Waals surface area contributed by atoms with E-state index in [2.05, 4.69) is 21.2 Å². The predicted octanol–water partition coefficient (Wildman–Crippen LogP) is 2.51. The zero-order valence-corrected chi connectivity index (χ0v) is 10.8. The highest BCUT2D eigenvalue weighted by atomic mass is 79.9. The lowest BCUT2D eigenvalue weighted by Gasteiger charge is -2.10. The zero-order chi connectivity index (χ0) is 13.0. The molecule has 5 nitrogen and oxygen atoms in total. The molecule has 1 atom stereocenters. The molecule has 0 radical (unpaired) electrons. The number of anilines is 1. The van der Waals surface area contributed by atoms with Crippen LogP contribution in [0.4, 0.5) is 15.8 Å². The van der Waals surface area contributed by atoms with Crippen LogP contribution in [0.5, 0.6) is 0 Å². The molecule has 1 aromatic rings. The van der Waals surface area contributed by atoms with Crippen LogP contribution in [0.2, 0.25) is 0 Å². The number of nitro groups is 1. The number of alkyl halides is 1. The van der Waals surface area contributed by atoms with Gasteiger partial charge in [-0.25, -0.2) is 4.39 Å². The molecule has 0 spiro atoms. The van der Waals surface area contributed by atoms with Gasteiger partial charge in [0.15, 0.2) is 0 Å². The van der Waals surface area contributed by atoms with E-state index in [1.807, 2.05) is 0 Å². The summed E-state index contributed by atoms with van der Waals surface area (Å²) in [5.74, 6) is -0.719. The molecule has 0 amide bonds. The maximum Gasteiger partial charge on any atom is 0.295 e. The Morgan fingerprint density at radius 3 is 2.82 bits per heavy atom. The smallest absolute Gasteiger partial charge is 0.295 e. The molecule has 0 saturated carbocycles. The molecule has 0 aliphatic rings. The van der Waals surface area contributed by atoms with Gasteiger partial charge in [-0.05, 0) is 22.0 Å². The number of hydrogen-bond acceptors (Lipinski definition) is 4. The maximum atomic E-state index is 13.1. The minimum Gasteiger partial charge on any atom is -0.390 e. The van der Waals surface area contributed by atoms with Gasteiger partial charge in [-0.3, -0.25) is 10.1 Å². The Balaban J connectivity index is 2.96. The van der Waals surface area contributed by atoms with Crippen LogP contribution in [-0.4, -0.2) is 28.6 Å². The fourth-order valence-electron chi connectivity index (χ4n) is 1.11. The number of benzene rings is 1. The molecule has 8 heteroatoms. The van der Waals surface area contributed by atoms with Crippen LogP contribution < -0.4 is 5.32 Å². The van der Waals surface area contributed by atoms with Gasteiger partial charge < -0.3 is 10.4 Å². The molecule has 1 unspecified atom stereocenters. The molecule has 0 fully saturated rings. The van der Waals surface area contributed by atoms with E-state index >= 15 is 0 Å². The Bertz CT molecular complexity index is 433. The molecule has 0 aliphatic carbocycles. The van der Waals surface area contributed by atoms with E-state index in [0.29, 0.717) is 0 Å². The quantitative estimate of drug-likeness (QED) is 0.495. The molecule has 1 aromatic carbocycles. The third-order valence-corrected chi connectivity index (χ3v) is 2.91. The van der Waals surface area contributed by atoms with Gasteiger partial charge in [-0.1, -0.05) is 0 Å². The van der Waals surface area contributed by atoms with Crippen LogP contribution in [0.25, 0.3) is 0 Å². The largest absolute Gasteiger partial charge is 0.390 e. The number of nitro benzene ring substituents is 1. The Morgan fingerprint density at radius 2 is 2.29 bits per heavy atom. The Hall–Kier alpha value is -0.920. The first-order valence-electron chi connectivity index (χ1n) is 4.57. The van der Waals surface area contributed by atoms with E-state index in [0.717, 1.165) is 6.07 Å². The summed E-state index contributed by atoms with van der Waals surface area (Å²) in [6, 6.07) is 2.05. The molecule has 0 aliphatic heterocycles. The summed E-state index contributed by atoms with van der Waals surface area (Å²) in [7, 11) is 0. The van der Waals surface area contributed by atoms with Crippen molar-refractivity contribution in [1.82, 2.24) is 0 Å². The van der Waals surface area contributed by atoms with E-state index in [-0.39, 0.29) is 22.6 Å². The summed E-state index contributed by atoms with van der Waals surface area (Å²) in [6.07, 6.45) is -0.833. The van der Waals surface area contributed by atoms with Gasteiger partial charge in [0.2, 0.25) is 0 Å². The van der Waals surface area contributed by atoms with Crippen molar-refractivity contribution in [3.63, 3.8) is 0 Å². The van der Waals surface area contributed by atoms with Gasteiger partial charge in [0.05, 0.1) is 27.4 Å². The van der Waals surface area contributed by atoms with Gasteiger partial charge in [0, 0.05) is 6.54 Å².